The second-order valence-electron chi connectivity index (χ2n) is 6.20. The summed E-state index contributed by atoms with van der Waals surface area (Å²) >= 11 is 0. The van der Waals surface area contributed by atoms with Gasteiger partial charge in [-0.25, -0.2) is 4.79 Å². The molecule has 0 saturated carbocycles. The van der Waals surface area contributed by atoms with Crippen molar-refractivity contribution in [1.29, 1.82) is 0 Å². The molecule has 0 unspecified atom stereocenters. The van der Waals surface area contributed by atoms with Crippen LogP contribution in [0.3, 0.4) is 0 Å². The zero-order valence-electron chi connectivity index (χ0n) is 14.0. The number of hydrogen-bond acceptors (Lipinski definition) is 6. The molecule has 1 heterocycles. The van der Waals surface area contributed by atoms with Crippen LogP contribution in [0.1, 0.15) is 18.9 Å². The molecule has 2 N–H and O–H groups in total. The van der Waals surface area contributed by atoms with Gasteiger partial charge in [0.1, 0.15) is 17.6 Å². The summed E-state index contributed by atoms with van der Waals surface area (Å²) in [5, 5.41) is 18.7. The summed E-state index contributed by atoms with van der Waals surface area (Å²) in [5.41, 5.74) is -0.363. The van der Waals surface area contributed by atoms with Crippen LogP contribution in [0.25, 0.3) is 0 Å². The molecule has 0 amide bonds. The average molecular weight is 348 g/mol. The minimum Gasteiger partial charge on any atom is -0.508 e. The van der Waals surface area contributed by atoms with Crippen LogP contribution in [0.15, 0.2) is 36.1 Å². The lowest BCUT2D eigenvalue weighted by molar-refractivity contribution is -0.145. The van der Waals surface area contributed by atoms with E-state index in [9.17, 15) is 24.6 Å². The molecule has 2 rings (SSSR count). The van der Waals surface area contributed by atoms with Crippen molar-refractivity contribution in [1.82, 2.24) is 0 Å². The molecule has 1 aliphatic rings. The largest absolute Gasteiger partial charge is 0.508 e. The number of benzene rings is 1. The zero-order chi connectivity index (χ0) is 18.6. The maximum absolute atomic E-state index is 11.8. The van der Waals surface area contributed by atoms with Crippen LogP contribution < -0.4 is 0 Å². The normalized spacial score (nSPS) is 25.4. The van der Waals surface area contributed by atoms with Crippen molar-refractivity contribution in [2.24, 2.45) is 11.8 Å². The smallest absolute Gasteiger partial charge is 0.335 e. The fourth-order valence-corrected chi connectivity index (χ4v) is 3.11. The first-order chi connectivity index (χ1) is 11.8. The quantitative estimate of drug-likeness (QED) is 0.594. The Labute approximate surface area is 144 Å². The number of rotatable bonds is 6. The van der Waals surface area contributed by atoms with E-state index in [-0.39, 0.29) is 17.7 Å². The number of phenolic OH excluding ortho intramolecular Hbond substituents is 1. The first-order valence-corrected chi connectivity index (χ1v) is 7.72. The first-order valence-electron chi connectivity index (χ1n) is 7.72. The number of carbonyl (C=O) groups excluding carboxylic acids is 2. The number of carboxylic acid groups (broad SMARTS) is 1. The average Bonchev–Trinajstić information content (AvgIpc) is 2.56. The van der Waals surface area contributed by atoms with Gasteiger partial charge in [-0.05, 0) is 24.6 Å². The lowest BCUT2D eigenvalue weighted by Gasteiger charge is -2.42. The molecule has 0 bridgehead atoms. The molecule has 0 aliphatic carbocycles. The van der Waals surface area contributed by atoms with Gasteiger partial charge in [-0.15, -0.1) is 0 Å². The number of phenols is 1. The lowest BCUT2D eigenvalue weighted by Crippen LogP contribution is -2.48. The molecule has 1 aliphatic heterocycles. The van der Waals surface area contributed by atoms with E-state index in [0.29, 0.717) is 12.7 Å². The van der Waals surface area contributed by atoms with Crippen LogP contribution in [0, 0.1) is 11.8 Å². The van der Waals surface area contributed by atoms with Crippen molar-refractivity contribution in [3.05, 3.63) is 41.7 Å². The Bertz CT molecular complexity index is 692. The van der Waals surface area contributed by atoms with Gasteiger partial charge in [-0.2, -0.15) is 0 Å². The second kappa shape index (κ2) is 7.38. The third-order valence-electron chi connectivity index (χ3n) is 4.49. The summed E-state index contributed by atoms with van der Waals surface area (Å²) in [7, 11) is 1.21. The van der Waals surface area contributed by atoms with Gasteiger partial charge in [0, 0.05) is 12.3 Å². The Balaban J connectivity index is 2.37. The Morgan fingerprint density at radius 2 is 1.96 bits per heavy atom. The molecular formula is C18H20O7. The number of hydrogen-bond donors (Lipinski definition) is 2. The Morgan fingerprint density at radius 1 is 1.32 bits per heavy atom. The Morgan fingerprint density at radius 3 is 2.48 bits per heavy atom. The highest BCUT2D eigenvalue weighted by Gasteiger charge is 2.47. The molecule has 1 aromatic rings. The van der Waals surface area contributed by atoms with Crippen molar-refractivity contribution in [3.63, 3.8) is 0 Å². The third-order valence-corrected chi connectivity index (χ3v) is 4.49. The summed E-state index contributed by atoms with van der Waals surface area (Å²) < 4.78 is 10.3. The molecule has 1 aromatic carbocycles. The van der Waals surface area contributed by atoms with Crippen LogP contribution in [0.4, 0.5) is 0 Å². The highest BCUT2D eigenvalue weighted by atomic mass is 16.5. The Kier molecular flexibility index (Phi) is 5.46. The number of aliphatic carboxylic acids is 1. The molecule has 134 valence electrons. The van der Waals surface area contributed by atoms with E-state index in [1.165, 1.54) is 19.2 Å². The van der Waals surface area contributed by atoms with Crippen molar-refractivity contribution in [2.75, 3.05) is 7.11 Å². The summed E-state index contributed by atoms with van der Waals surface area (Å²) in [5.74, 6) is -3.43. The van der Waals surface area contributed by atoms with Gasteiger partial charge < -0.3 is 24.5 Å². The van der Waals surface area contributed by atoms with Crippen molar-refractivity contribution in [3.8, 4) is 5.75 Å². The number of ether oxygens (including phenoxy) is 2. The summed E-state index contributed by atoms with van der Waals surface area (Å²) in [6, 6.07) is 6.42. The van der Waals surface area contributed by atoms with Gasteiger partial charge in [-0.1, -0.05) is 12.1 Å². The molecule has 0 saturated heterocycles. The predicted molar refractivity (Wildman–Crippen MR) is 86.7 cm³/mol. The monoisotopic (exact) mass is 348 g/mol. The van der Waals surface area contributed by atoms with E-state index < -0.39 is 29.4 Å². The molecule has 0 radical (unpaired) electrons. The molecule has 7 nitrogen and oxygen atoms in total. The molecular weight excluding hydrogens is 328 g/mol. The number of aldehydes is 1. The van der Waals surface area contributed by atoms with Crippen molar-refractivity contribution < 1.29 is 34.1 Å². The fraction of sp³-hybridized carbons (Fsp3) is 0.389. The summed E-state index contributed by atoms with van der Waals surface area (Å²) in [6.07, 6.45) is 1.81. The highest BCUT2D eigenvalue weighted by molar-refractivity contribution is 5.89. The van der Waals surface area contributed by atoms with E-state index in [0.717, 1.165) is 11.8 Å². The van der Waals surface area contributed by atoms with E-state index in [1.54, 1.807) is 19.1 Å². The molecule has 0 aromatic heterocycles. The predicted octanol–water partition coefficient (Wildman–Crippen LogP) is 1.69. The van der Waals surface area contributed by atoms with E-state index in [1.807, 2.05) is 0 Å². The molecule has 3 atom stereocenters. The third kappa shape index (κ3) is 3.99. The maximum Gasteiger partial charge on any atom is 0.335 e. The first kappa shape index (κ1) is 18.5. The number of methoxy groups -OCH3 is 1. The van der Waals surface area contributed by atoms with Gasteiger partial charge in [0.15, 0.2) is 0 Å². The SMILES string of the molecule is COC(=O)C[C@@H]1C(C(=O)O)=CO[C@@](C)(Cc2ccc(O)cc2)[C@H]1C=O. The topological polar surface area (TPSA) is 110 Å². The van der Waals surface area contributed by atoms with Crippen LogP contribution in [-0.4, -0.2) is 41.1 Å². The van der Waals surface area contributed by atoms with E-state index in [4.69, 9.17) is 4.74 Å². The number of carbonyl (C=O) groups is 3. The van der Waals surface area contributed by atoms with Crippen molar-refractivity contribution in [2.45, 2.75) is 25.4 Å². The van der Waals surface area contributed by atoms with Gasteiger partial charge in [0.2, 0.25) is 0 Å². The number of carboxylic acids is 1. The van der Waals surface area contributed by atoms with E-state index >= 15 is 0 Å². The van der Waals surface area contributed by atoms with Gasteiger partial charge in [0.05, 0.1) is 31.3 Å². The highest BCUT2D eigenvalue weighted by Crippen LogP contribution is 2.40. The van der Waals surface area contributed by atoms with E-state index in [2.05, 4.69) is 4.74 Å². The number of aromatic hydroxyl groups is 1. The molecule has 0 spiro atoms. The summed E-state index contributed by atoms with van der Waals surface area (Å²) in [4.78, 5) is 34.9. The summed E-state index contributed by atoms with van der Waals surface area (Å²) in [6.45, 7) is 1.69. The van der Waals surface area contributed by atoms with Gasteiger partial charge in [-0.3, -0.25) is 4.79 Å². The second-order valence-corrected chi connectivity index (χ2v) is 6.20. The standard InChI is InChI=1S/C18H20O7/c1-18(8-11-3-5-12(20)6-4-11)15(9-19)13(7-16(21)24-2)14(10-25-18)17(22)23/h3-6,9-10,13,15,20H,7-8H2,1-2H3,(H,22,23)/t13-,15+,18+/m1/s1. The Hall–Kier alpha value is -2.83. The number of esters is 1. The lowest BCUT2D eigenvalue weighted by atomic mass is 9.71. The van der Waals surface area contributed by atoms with Crippen LogP contribution >= 0.6 is 0 Å². The minimum absolute atomic E-state index is 0.113. The van der Waals surface area contributed by atoms with Crippen LogP contribution in [-0.2, 0) is 30.3 Å². The van der Waals surface area contributed by atoms with Crippen LogP contribution in [0.5, 0.6) is 5.75 Å². The maximum atomic E-state index is 11.8. The van der Waals surface area contributed by atoms with Crippen molar-refractivity contribution >= 4 is 18.2 Å². The molecule has 7 heteroatoms. The van der Waals surface area contributed by atoms with Gasteiger partial charge in [0.25, 0.3) is 0 Å². The minimum atomic E-state index is -1.24. The zero-order valence-corrected chi connectivity index (χ0v) is 14.0. The molecule has 0 fully saturated rings. The molecule has 25 heavy (non-hydrogen) atoms. The van der Waals surface area contributed by atoms with Gasteiger partial charge >= 0.3 is 11.9 Å². The van der Waals surface area contributed by atoms with Crippen LogP contribution in [0.2, 0.25) is 0 Å². The fourth-order valence-electron chi connectivity index (χ4n) is 3.11.